The molecule has 0 saturated carbocycles. The van der Waals surface area contributed by atoms with E-state index in [1.165, 1.54) is 64.2 Å². The summed E-state index contributed by atoms with van der Waals surface area (Å²) in [5, 5.41) is 8.59. The second kappa shape index (κ2) is 16.1. The minimum Gasteiger partial charge on any atom is -0.822 e. The molecule has 1 N–H and O–H groups in total. The Morgan fingerprint density at radius 2 is 1.00 bits per heavy atom. The molecule has 0 rings (SSSR count). The molecule has 6 heteroatoms. The lowest BCUT2D eigenvalue weighted by Gasteiger charge is -2.36. The largest absolute Gasteiger partial charge is 0.822 e. The van der Waals surface area contributed by atoms with Gasteiger partial charge in [-0.3, -0.25) is 0 Å². The third kappa shape index (κ3) is 38.1. The molecular weight excluding hydrogens is 267 g/mol. The van der Waals surface area contributed by atoms with E-state index in [1.54, 1.807) is 0 Å². The summed E-state index contributed by atoms with van der Waals surface area (Å²) in [6.45, 7) is 2.64. The summed E-state index contributed by atoms with van der Waals surface area (Å²) in [6.07, 6.45) is 14.8. The molecule has 0 aromatic rings. The molecule has 0 unspecified atom stereocenters. The van der Waals surface area contributed by atoms with E-state index in [4.69, 9.17) is 24.4 Å². The summed E-state index contributed by atoms with van der Waals surface area (Å²) in [7, 11) is -5.39. The molecule has 0 aliphatic carbocycles. The van der Waals surface area contributed by atoms with Crippen LogP contribution < -0.4 is 14.7 Å². The second-order valence-electron chi connectivity index (χ2n) is 4.71. The molecule has 5 nitrogen and oxygen atoms in total. The molecule has 0 aromatic carbocycles. The predicted octanol–water partition coefficient (Wildman–Crippen LogP) is 1.47. The van der Waals surface area contributed by atoms with E-state index in [0.29, 0.717) is 6.61 Å². The first-order chi connectivity index (χ1) is 8.91. The smallest absolute Gasteiger partial charge is 0.0431 e. The molecule has 0 fully saturated rings. The third-order valence-electron chi connectivity index (χ3n) is 2.76. The van der Waals surface area contributed by atoms with Crippen LogP contribution in [0.1, 0.15) is 77.6 Å². The van der Waals surface area contributed by atoms with Gasteiger partial charge in [0.15, 0.2) is 0 Å². The van der Waals surface area contributed by atoms with Gasteiger partial charge in [0.1, 0.15) is 0 Å². The van der Waals surface area contributed by atoms with Crippen molar-refractivity contribution in [2.45, 2.75) is 77.6 Å². The van der Waals surface area contributed by atoms with Crippen LogP contribution in [-0.4, -0.2) is 11.7 Å². The molecule has 0 saturated heterocycles. The summed E-state index contributed by atoms with van der Waals surface area (Å²) in [5.74, 6) is 0. The summed E-state index contributed by atoms with van der Waals surface area (Å²) in [5.41, 5.74) is 0. The van der Waals surface area contributed by atoms with E-state index in [9.17, 15) is 0 Å². The van der Waals surface area contributed by atoms with E-state index < -0.39 is 7.82 Å². The fourth-order valence-electron chi connectivity index (χ4n) is 1.78. The van der Waals surface area contributed by atoms with Crippen molar-refractivity contribution in [2.75, 3.05) is 6.61 Å². The van der Waals surface area contributed by atoms with Gasteiger partial charge in [-0.05, 0) is 6.42 Å². The molecule has 0 radical (unpaired) electrons. The van der Waals surface area contributed by atoms with E-state index in [0.717, 1.165) is 6.42 Å². The lowest BCUT2D eigenvalue weighted by atomic mass is 10.1. The summed E-state index contributed by atoms with van der Waals surface area (Å²) < 4.78 is 8.55. The van der Waals surface area contributed by atoms with E-state index in [2.05, 4.69) is 6.92 Å². The highest BCUT2D eigenvalue weighted by Crippen LogP contribution is 2.10. The number of unbranched alkanes of at least 4 members (excludes halogenated alkanes) is 10. The summed E-state index contributed by atoms with van der Waals surface area (Å²) in [6, 6.07) is 0. The summed E-state index contributed by atoms with van der Waals surface area (Å²) in [4.78, 5) is 25.6. The standard InChI is InChI=1S/C13H28O.H3O4P/c1-2-3-4-5-6-7-8-9-10-11-12-13-14;1-5(2,3)4/h14H,2-13H2,1H3;(H3,1,2,3,4)/p-3. The molecule has 0 bridgehead atoms. The van der Waals surface area contributed by atoms with Gasteiger partial charge in [0.05, 0.1) is 0 Å². The van der Waals surface area contributed by atoms with Crippen LogP contribution in [0.2, 0.25) is 0 Å². The number of phosphoric acid groups is 1. The monoisotopic (exact) mass is 295 g/mol. The Morgan fingerprint density at radius 3 is 1.26 bits per heavy atom. The van der Waals surface area contributed by atoms with Crippen LogP contribution in [0.25, 0.3) is 0 Å². The molecule has 0 aromatic heterocycles. The van der Waals surface area contributed by atoms with Gasteiger partial charge in [-0.25, -0.2) is 0 Å². The summed E-state index contributed by atoms with van der Waals surface area (Å²) >= 11 is 0. The fraction of sp³-hybridized carbons (Fsp3) is 1.00. The highest BCUT2D eigenvalue weighted by Gasteiger charge is 1.91. The zero-order chi connectivity index (χ0) is 15.0. The van der Waals surface area contributed by atoms with Crippen LogP contribution in [0.15, 0.2) is 0 Å². The molecule has 19 heavy (non-hydrogen) atoms. The lowest BCUT2D eigenvalue weighted by Crippen LogP contribution is -2.24. The molecule has 0 spiro atoms. The van der Waals surface area contributed by atoms with Crippen LogP contribution in [-0.2, 0) is 4.57 Å². The number of aliphatic hydroxyl groups is 1. The normalized spacial score (nSPS) is 11.0. The minimum absolute atomic E-state index is 0.372. The molecule has 118 valence electrons. The molecule has 0 aliphatic rings. The van der Waals surface area contributed by atoms with Gasteiger partial charge in [-0.1, -0.05) is 71.1 Å². The highest BCUT2D eigenvalue weighted by molar-refractivity contribution is 7.40. The maximum atomic E-state index is 8.59. The Bertz CT molecular complexity index is 185. The van der Waals surface area contributed by atoms with Gasteiger partial charge in [-0.15, -0.1) is 0 Å². The topological polar surface area (TPSA) is 106 Å². The zero-order valence-corrected chi connectivity index (χ0v) is 12.9. The fourth-order valence-corrected chi connectivity index (χ4v) is 1.78. The molecular formula is C13H28O5P-3. The first kappa shape index (κ1) is 21.4. The van der Waals surface area contributed by atoms with Crippen molar-refractivity contribution in [1.29, 1.82) is 0 Å². The average molecular weight is 295 g/mol. The highest BCUT2D eigenvalue weighted by atomic mass is 31.2. The quantitative estimate of drug-likeness (QED) is 0.459. The van der Waals surface area contributed by atoms with Gasteiger partial charge >= 0.3 is 0 Å². The first-order valence-corrected chi connectivity index (χ1v) is 8.71. The van der Waals surface area contributed by atoms with Gasteiger partial charge in [0.25, 0.3) is 0 Å². The zero-order valence-electron chi connectivity index (χ0n) is 12.0. The van der Waals surface area contributed by atoms with Crippen LogP contribution in [0.3, 0.4) is 0 Å². The molecule has 0 heterocycles. The average Bonchev–Trinajstić information content (AvgIpc) is 2.29. The van der Waals surface area contributed by atoms with Gasteiger partial charge in [0, 0.05) is 6.61 Å². The van der Waals surface area contributed by atoms with Crippen molar-refractivity contribution < 1.29 is 24.4 Å². The molecule has 0 atom stereocenters. The number of hydrogen-bond donors (Lipinski definition) is 1. The van der Waals surface area contributed by atoms with Crippen LogP contribution in [0.5, 0.6) is 0 Å². The Morgan fingerprint density at radius 1 is 0.737 bits per heavy atom. The third-order valence-corrected chi connectivity index (χ3v) is 2.76. The van der Waals surface area contributed by atoms with Gasteiger partial charge < -0.3 is 24.4 Å². The van der Waals surface area contributed by atoms with Crippen molar-refractivity contribution in [3.05, 3.63) is 0 Å². The maximum absolute atomic E-state index is 8.59. The maximum Gasteiger partial charge on any atom is 0.0431 e. The number of rotatable bonds is 11. The predicted molar refractivity (Wildman–Crippen MR) is 71.2 cm³/mol. The van der Waals surface area contributed by atoms with E-state index in [1.807, 2.05) is 0 Å². The first-order valence-electron chi connectivity index (χ1n) is 7.25. The minimum atomic E-state index is -5.39. The Balaban J connectivity index is 0. The van der Waals surface area contributed by atoms with Crippen molar-refractivity contribution >= 4 is 7.82 Å². The van der Waals surface area contributed by atoms with Crippen LogP contribution in [0, 0.1) is 0 Å². The van der Waals surface area contributed by atoms with Crippen molar-refractivity contribution in [3.63, 3.8) is 0 Å². The van der Waals surface area contributed by atoms with Gasteiger partial charge in [-0.2, -0.15) is 7.82 Å². The molecule has 0 amide bonds. The van der Waals surface area contributed by atoms with Gasteiger partial charge in [0.2, 0.25) is 0 Å². The van der Waals surface area contributed by atoms with Crippen molar-refractivity contribution in [3.8, 4) is 0 Å². The van der Waals surface area contributed by atoms with E-state index in [-0.39, 0.29) is 0 Å². The van der Waals surface area contributed by atoms with Crippen LogP contribution in [0.4, 0.5) is 0 Å². The Hall–Kier alpha value is 0.0700. The second-order valence-corrected chi connectivity index (χ2v) is 5.60. The molecule has 0 aliphatic heterocycles. The van der Waals surface area contributed by atoms with Crippen LogP contribution >= 0.6 is 7.82 Å². The Kier molecular flexibility index (Phi) is 18.1. The van der Waals surface area contributed by atoms with E-state index >= 15 is 0 Å². The number of hydrogen-bond acceptors (Lipinski definition) is 5. The van der Waals surface area contributed by atoms with Crippen molar-refractivity contribution in [1.82, 2.24) is 0 Å². The Labute approximate surface area is 117 Å². The number of aliphatic hydroxyl groups excluding tert-OH is 1. The van der Waals surface area contributed by atoms with Crippen molar-refractivity contribution in [2.24, 2.45) is 0 Å². The lowest BCUT2D eigenvalue weighted by molar-refractivity contribution is -0.432. The SMILES string of the molecule is CCCCCCCCCCCCCO.O=P([O-])([O-])[O-].